The van der Waals surface area contributed by atoms with E-state index < -0.39 is 22.6 Å². The molecule has 1 aliphatic heterocycles. The summed E-state index contributed by atoms with van der Waals surface area (Å²) in [6.45, 7) is 2.71. The van der Waals surface area contributed by atoms with Crippen molar-refractivity contribution in [2.45, 2.75) is 36.4 Å². The van der Waals surface area contributed by atoms with E-state index in [0.29, 0.717) is 30.6 Å². The number of fused-ring (bicyclic) bond motifs is 1. The Morgan fingerprint density at radius 3 is 2.61 bits per heavy atom. The lowest BCUT2D eigenvalue weighted by Crippen LogP contribution is -2.43. The quantitative estimate of drug-likeness (QED) is 0.278. The van der Waals surface area contributed by atoms with E-state index in [-0.39, 0.29) is 18.0 Å². The Hall–Kier alpha value is -3.30. The second-order valence-corrected chi connectivity index (χ2v) is 12.2. The van der Waals surface area contributed by atoms with Crippen LogP contribution in [0.5, 0.6) is 5.75 Å². The van der Waals surface area contributed by atoms with Crippen molar-refractivity contribution in [3.8, 4) is 17.6 Å². The molecule has 0 amide bonds. The number of hydrogen-bond acceptors (Lipinski definition) is 8. The van der Waals surface area contributed by atoms with Crippen molar-refractivity contribution in [1.82, 2.24) is 9.47 Å². The highest BCUT2D eigenvalue weighted by molar-refractivity contribution is 7.90. The van der Waals surface area contributed by atoms with Crippen LogP contribution < -0.4 is 15.4 Å². The molecule has 3 aromatic rings. The molecular formula is C30H39FN4O5S. The Bertz CT molecular complexity index is 1490. The van der Waals surface area contributed by atoms with E-state index in [1.54, 1.807) is 13.2 Å². The Kier molecular flexibility index (Phi) is 10.5. The molecule has 222 valence electrons. The van der Waals surface area contributed by atoms with Crippen molar-refractivity contribution < 1.29 is 27.4 Å². The van der Waals surface area contributed by atoms with Crippen molar-refractivity contribution in [3.05, 3.63) is 48.2 Å². The molecule has 1 atom stereocenters. The molecule has 41 heavy (non-hydrogen) atoms. The van der Waals surface area contributed by atoms with Gasteiger partial charge in [-0.1, -0.05) is 12.0 Å². The number of likely N-dealkylation sites (tertiary alicyclic amines) is 1. The molecule has 3 N–H and O–H groups in total. The lowest BCUT2D eigenvalue weighted by atomic mass is 10.0. The van der Waals surface area contributed by atoms with Gasteiger partial charge in [-0.3, -0.25) is 0 Å². The number of rotatable bonds is 12. The van der Waals surface area contributed by atoms with Gasteiger partial charge in [-0.05, 0) is 49.1 Å². The van der Waals surface area contributed by atoms with Crippen LogP contribution in [0.1, 0.15) is 18.5 Å². The highest BCUT2D eigenvalue weighted by Crippen LogP contribution is 2.30. The van der Waals surface area contributed by atoms with E-state index in [2.05, 4.69) is 27.4 Å². The first kappa shape index (κ1) is 30.7. The normalized spacial score (nSPS) is 15.3. The lowest BCUT2D eigenvalue weighted by Gasteiger charge is -2.34. The fourth-order valence-corrected chi connectivity index (χ4v) is 5.82. The summed E-state index contributed by atoms with van der Waals surface area (Å²) in [6, 6.07) is 12.9. The fourth-order valence-electron chi connectivity index (χ4n) is 5.18. The number of benzene rings is 2. The van der Waals surface area contributed by atoms with Crippen LogP contribution in [0.25, 0.3) is 10.9 Å². The number of anilines is 2. The van der Waals surface area contributed by atoms with Crippen molar-refractivity contribution in [3.63, 3.8) is 0 Å². The largest absolute Gasteiger partial charge is 0.495 e. The van der Waals surface area contributed by atoms with Gasteiger partial charge in [0.15, 0.2) is 9.84 Å². The molecule has 2 aromatic carbocycles. The number of aromatic nitrogens is 1. The van der Waals surface area contributed by atoms with Crippen LogP contribution in [0.3, 0.4) is 0 Å². The fraction of sp³-hybridized carbons (Fsp3) is 0.467. The molecule has 1 unspecified atom stereocenters. The molecule has 9 nitrogen and oxygen atoms in total. The number of piperidine rings is 1. The zero-order valence-electron chi connectivity index (χ0n) is 23.8. The van der Waals surface area contributed by atoms with Crippen molar-refractivity contribution in [1.29, 1.82) is 0 Å². The third-order valence-corrected chi connectivity index (χ3v) is 8.32. The highest BCUT2D eigenvalue weighted by Gasteiger charge is 2.22. The number of sulfone groups is 1. The first-order valence-electron chi connectivity index (χ1n) is 13.7. The van der Waals surface area contributed by atoms with Gasteiger partial charge in [-0.15, -0.1) is 0 Å². The van der Waals surface area contributed by atoms with Crippen LogP contribution in [-0.2, 0) is 21.1 Å². The number of aryl methyl sites for hydroxylation is 1. The Labute approximate surface area is 241 Å². The topological polar surface area (TPSA) is 105 Å². The maximum atomic E-state index is 13.5. The van der Waals surface area contributed by atoms with Gasteiger partial charge in [0.1, 0.15) is 12.4 Å². The van der Waals surface area contributed by atoms with Crippen LogP contribution in [0.15, 0.2) is 47.4 Å². The molecule has 4 rings (SSSR count). The maximum absolute atomic E-state index is 13.5. The van der Waals surface area contributed by atoms with Crippen molar-refractivity contribution in [2.24, 2.45) is 0 Å². The molecule has 2 heterocycles. The number of halogens is 1. The second-order valence-electron chi connectivity index (χ2n) is 10.2. The summed E-state index contributed by atoms with van der Waals surface area (Å²) in [5.41, 5.74) is 3.26. The molecule has 0 spiro atoms. The molecule has 11 heteroatoms. The number of ether oxygens (including phenoxy) is 2. The SMILES string of the molecule is COCC(O)CN1CCC(Nc2cccc3c2cc(C#CCNc2ccc(S(C)(=O)=O)cc2OC)n3CCF)CC1. The van der Waals surface area contributed by atoms with E-state index in [0.717, 1.165) is 54.5 Å². The van der Waals surface area contributed by atoms with E-state index in [4.69, 9.17) is 9.47 Å². The zero-order chi connectivity index (χ0) is 29.4. The van der Waals surface area contributed by atoms with Crippen LogP contribution in [-0.4, -0.2) is 95.1 Å². The van der Waals surface area contributed by atoms with E-state index in [1.807, 2.05) is 28.8 Å². The van der Waals surface area contributed by atoms with Gasteiger partial charge >= 0.3 is 0 Å². The monoisotopic (exact) mass is 586 g/mol. The van der Waals surface area contributed by atoms with Gasteiger partial charge in [0.25, 0.3) is 0 Å². The summed E-state index contributed by atoms with van der Waals surface area (Å²) < 4.78 is 49.5. The molecular weight excluding hydrogens is 547 g/mol. The van der Waals surface area contributed by atoms with E-state index >= 15 is 0 Å². The summed E-state index contributed by atoms with van der Waals surface area (Å²) in [4.78, 5) is 2.44. The number of aliphatic hydroxyl groups excluding tert-OH is 1. The molecule has 1 saturated heterocycles. The Balaban J connectivity index is 1.46. The van der Waals surface area contributed by atoms with Gasteiger partial charge in [0.05, 0.1) is 54.7 Å². The summed E-state index contributed by atoms with van der Waals surface area (Å²) in [7, 11) is -0.273. The van der Waals surface area contributed by atoms with Crippen molar-refractivity contribution >= 4 is 32.1 Å². The smallest absolute Gasteiger partial charge is 0.175 e. The minimum Gasteiger partial charge on any atom is -0.495 e. The van der Waals surface area contributed by atoms with Gasteiger partial charge in [0, 0.05) is 56.2 Å². The molecule has 0 saturated carbocycles. The predicted octanol–water partition coefficient (Wildman–Crippen LogP) is 3.37. The summed E-state index contributed by atoms with van der Waals surface area (Å²) in [5.74, 6) is 6.69. The number of nitrogens with one attached hydrogen (secondary N) is 2. The number of methoxy groups -OCH3 is 2. The molecule has 1 fully saturated rings. The summed E-state index contributed by atoms with van der Waals surface area (Å²) in [6.07, 6.45) is 2.58. The average Bonchev–Trinajstić information content (AvgIpc) is 3.30. The first-order valence-corrected chi connectivity index (χ1v) is 15.6. The van der Waals surface area contributed by atoms with Crippen LogP contribution in [0.4, 0.5) is 15.8 Å². The Morgan fingerprint density at radius 2 is 1.93 bits per heavy atom. The number of nitrogens with zero attached hydrogens (tertiary/aromatic N) is 2. The molecule has 0 bridgehead atoms. The lowest BCUT2D eigenvalue weighted by molar-refractivity contribution is 0.0327. The molecule has 0 radical (unpaired) electrons. The average molecular weight is 587 g/mol. The van der Waals surface area contributed by atoms with Crippen LogP contribution in [0, 0.1) is 11.8 Å². The van der Waals surface area contributed by atoms with Crippen molar-refractivity contribution in [2.75, 3.05) is 70.6 Å². The predicted molar refractivity (Wildman–Crippen MR) is 160 cm³/mol. The minimum atomic E-state index is -3.35. The standard InChI is InChI=1S/C30H39FN4O5S/c1-39-21-24(36)20-34-15-11-22(12-16-34)33-27-7-4-8-29-26(27)18-23(35(29)17-13-31)6-5-14-32-28-10-9-25(41(3,37)38)19-30(28)40-2/h4,7-10,18-19,22,24,32-33,36H,11-17,20-21H2,1-3H3. The third kappa shape index (κ3) is 7.92. The summed E-state index contributed by atoms with van der Waals surface area (Å²) >= 11 is 0. The van der Waals surface area contributed by atoms with E-state index in [9.17, 15) is 17.9 Å². The van der Waals surface area contributed by atoms with Crippen LogP contribution in [0.2, 0.25) is 0 Å². The third-order valence-electron chi connectivity index (χ3n) is 7.21. The highest BCUT2D eigenvalue weighted by atomic mass is 32.2. The second kappa shape index (κ2) is 14.0. The van der Waals surface area contributed by atoms with Gasteiger partial charge in [0.2, 0.25) is 0 Å². The molecule has 1 aromatic heterocycles. The first-order chi connectivity index (χ1) is 19.7. The molecule has 1 aliphatic rings. The van der Waals surface area contributed by atoms with Gasteiger partial charge in [-0.2, -0.15) is 0 Å². The molecule has 0 aliphatic carbocycles. The van der Waals surface area contributed by atoms with Crippen LogP contribution >= 0.6 is 0 Å². The maximum Gasteiger partial charge on any atom is 0.175 e. The minimum absolute atomic E-state index is 0.178. The zero-order valence-corrected chi connectivity index (χ0v) is 24.6. The van der Waals surface area contributed by atoms with Gasteiger partial charge in [-0.25, -0.2) is 12.8 Å². The number of aliphatic hydroxyl groups is 1. The number of alkyl halides is 1. The summed E-state index contributed by atoms with van der Waals surface area (Å²) in [5, 5.41) is 17.9. The van der Waals surface area contributed by atoms with E-state index in [1.165, 1.54) is 19.2 Å². The number of hydrogen-bond donors (Lipinski definition) is 3. The van der Waals surface area contributed by atoms with Gasteiger partial charge < -0.3 is 34.7 Å². The number of β-amino-alcohol motifs (C(OH)–C–C–N with tert-alkyl or cyclic N) is 1. The Morgan fingerprint density at radius 1 is 1.15 bits per heavy atom.